The summed E-state index contributed by atoms with van der Waals surface area (Å²) in [7, 11) is 0. The second-order valence-electron chi connectivity index (χ2n) is 7.05. The second-order valence-corrected chi connectivity index (χ2v) is 7.05. The molecule has 2 aromatic rings. The maximum absolute atomic E-state index is 12.4. The fraction of sp³-hybridized carbons (Fsp3) is 0.409. The van der Waals surface area contributed by atoms with Crippen LogP contribution in [0.25, 0.3) is 0 Å². The molecule has 136 valence electrons. The van der Waals surface area contributed by atoms with Gasteiger partial charge in [-0.1, -0.05) is 30.7 Å². The highest BCUT2D eigenvalue weighted by Gasteiger charge is 2.31. The standard InChI is InChI=1S/C22H25NO3/c24-22-20-7-3-2-6-17(20)16-21(22)26-19-10-8-18(9-11-19)25-15-14-23-12-4-1-5-13-23/h2-3,6-11,21H,1,4-5,12-16H2. The minimum absolute atomic E-state index is 0.0717. The van der Waals surface area contributed by atoms with Gasteiger partial charge < -0.3 is 9.47 Å². The predicted molar refractivity (Wildman–Crippen MR) is 101 cm³/mol. The normalized spacial score (nSPS) is 20.0. The number of hydrogen-bond acceptors (Lipinski definition) is 4. The minimum Gasteiger partial charge on any atom is -0.492 e. The van der Waals surface area contributed by atoms with Gasteiger partial charge in [-0.25, -0.2) is 0 Å². The van der Waals surface area contributed by atoms with Gasteiger partial charge in [0.25, 0.3) is 0 Å². The smallest absolute Gasteiger partial charge is 0.203 e. The van der Waals surface area contributed by atoms with Crippen LogP contribution in [0.3, 0.4) is 0 Å². The lowest BCUT2D eigenvalue weighted by molar-refractivity contribution is 0.0821. The number of piperidine rings is 1. The van der Waals surface area contributed by atoms with Crippen LogP contribution in [0.15, 0.2) is 48.5 Å². The Kier molecular flexibility index (Phi) is 5.21. The van der Waals surface area contributed by atoms with E-state index in [4.69, 9.17) is 9.47 Å². The zero-order valence-electron chi connectivity index (χ0n) is 15.0. The van der Waals surface area contributed by atoms with Crippen LogP contribution in [-0.4, -0.2) is 43.0 Å². The summed E-state index contributed by atoms with van der Waals surface area (Å²) in [6.07, 6.45) is 4.18. The second kappa shape index (κ2) is 7.92. The van der Waals surface area contributed by atoms with Crippen LogP contribution in [0, 0.1) is 0 Å². The summed E-state index contributed by atoms with van der Waals surface area (Å²) < 4.78 is 11.8. The summed E-state index contributed by atoms with van der Waals surface area (Å²) in [6, 6.07) is 15.3. The summed E-state index contributed by atoms with van der Waals surface area (Å²) in [6.45, 7) is 4.06. The topological polar surface area (TPSA) is 38.8 Å². The molecule has 1 unspecified atom stereocenters. The molecule has 1 fully saturated rings. The number of likely N-dealkylation sites (tertiary alicyclic amines) is 1. The Bertz CT molecular complexity index is 750. The lowest BCUT2D eigenvalue weighted by Crippen LogP contribution is -2.33. The highest BCUT2D eigenvalue weighted by Crippen LogP contribution is 2.26. The Hall–Kier alpha value is -2.33. The third-order valence-corrected chi connectivity index (χ3v) is 5.21. The first-order chi connectivity index (χ1) is 12.8. The third-order valence-electron chi connectivity index (χ3n) is 5.21. The van der Waals surface area contributed by atoms with Crippen LogP contribution in [0.5, 0.6) is 11.5 Å². The molecule has 0 saturated carbocycles. The fourth-order valence-corrected chi connectivity index (χ4v) is 3.75. The van der Waals surface area contributed by atoms with Crippen molar-refractivity contribution in [1.29, 1.82) is 0 Å². The quantitative estimate of drug-likeness (QED) is 0.795. The highest BCUT2D eigenvalue weighted by molar-refractivity contribution is 6.04. The van der Waals surface area contributed by atoms with Crippen LogP contribution in [0.1, 0.15) is 35.2 Å². The fourth-order valence-electron chi connectivity index (χ4n) is 3.75. The molecule has 1 atom stereocenters. The van der Waals surface area contributed by atoms with Crippen molar-refractivity contribution in [2.45, 2.75) is 31.8 Å². The number of ether oxygens (including phenoxy) is 2. The van der Waals surface area contributed by atoms with E-state index in [0.29, 0.717) is 18.8 Å². The van der Waals surface area contributed by atoms with Gasteiger partial charge in [-0.3, -0.25) is 9.69 Å². The van der Waals surface area contributed by atoms with Crippen LogP contribution < -0.4 is 9.47 Å². The Labute approximate surface area is 154 Å². The number of benzene rings is 2. The third kappa shape index (κ3) is 3.91. The van der Waals surface area contributed by atoms with E-state index < -0.39 is 6.10 Å². The van der Waals surface area contributed by atoms with Crippen molar-refractivity contribution >= 4 is 5.78 Å². The SMILES string of the molecule is O=C1c2ccccc2CC1Oc1ccc(OCCN2CCCCC2)cc1. The van der Waals surface area contributed by atoms with Crippen molar-refractivity contribution in [3.63, 3.8) is 0 Å². The monoisotopic (exact) mass is 351 g/mol. The number of carbonyl (C=O) groups excluding carboxylic acids is 1. The number of nitrogens with zero attached hydrogens (tertiary/aromatic N) is 1. The van der Waals surface area contributed by atoms with Gasteiger partial charge in [0.2, 0.25) is 5.78 Å². The van der Waals surface area contributed by atoms with Crippen LogP contribution in [-0.2, 0) is 6.42 Å². The van der Waals surface area contributed by atoms with Gasteiger partial charge >= 0.3 is 0 Å². The maximum Gasteiger partial charge on any atom is 0.203 e. The van der Waals surface area contributed by atoms with Crippen molar-refractivity contribution in [3.05, 3.63) is 59.7 Å². The average molecular weight is 351 g/mol. The molecule has 1 aliphatic carbocycles. The first kappa shape index (κ1) is 17.1. The molecule has 1 saturated heterocycles. The number of rotatable bonds is 6. The predicted octanol–water partition coefficient (Wildman–Crippen LogP) is 3.74. The van der Waals surface area contributed by atoms with E-state index in [1.165, 1.54) is 32.4 Å². The molecule has 1 heterocycles. The molecule has 4 rings (SSSR count). The van der Waals surface area contributed by atoms with Crippen molar-refractivity contribution in [2.24, 2.45) is 0 Å². The van der Waals surface area contributed by atoms with Crippen LogP contribution in [0.4, 0.5) is 0 Å². The van der Waals surface area contributed by atoms with Gasteiger partial charge in [0.1, 0.15) is 18.1 Å². The molecular weight excluding hydrogens is 326 g/mol. The largest absolute Gasteiger partial charge is 0.492 e. The molecule has 2 aliphatic rings. The van der Waals surface area contributed by atoms with Crippen LogP contribution in [0.2, 0.25) is 0 Å². The highest BCUT2D eigenvalue weighted by atomic mass is 16.5. The van der Waals surface area contributed by atoms with Crippen molar-refractivity contribution < 1.29 is 14.3 Å². The van der Waals surface area contributed by atoms with Gasteiger partial charge in [-0.15, -0.1) is 0 Å². The number of hydrogen-bond donors (Lipinski definition) is 0. The molecule has 0 amide bonds. The first-order valence-electron chi connectivity index (χ1n) is 9.53. The van der Waals surface area contributed by atoms with E-state index in [9.17, 15) is 4.79 Å². The van der Waals surface area contributed by atoms with Gasteiger partial charge in [0.15, 0.2) is 6.10 Å². The minimum atomic E-state index is -0.418. The summed E-state index contributed by atoms with van der Waals surface area (Å²) in [5.74, 6) is 1.62. The van der Waals surface area contributed by atoms with Gasteiger partial charge in [0.05, 0.1) is 0 Å². The van der Waals surface area contributed by atoms with Gasteiger partial charge in [-0.2, -0.15) is 0 Å². The van der Waals surface area contributed by atoms with E-state index in [0.717, 1.165) is 23.4 Å². The Morgan fingerprint density at radius 2 is 1.65 bits per heavy atom. The van der Waals surface area contributed by atoms with E-state index in [1.807, 2.05) is 48.5 Å². The molecule has 0 N–H and O–H groups in total. The van der Waals surface area contributed by atoms with E-state index >= 15 is 0 Å². The molecule has 2 aromatic carbocycles. The molecular formula is C22H25NO3. The summed E-state index contributed by atoms with van der Waals surface area (Å²) >= 11 is 0. The Balaban J connectivity index is 1.27. The number of carbonyl (C=O) groups is 1. The zero-order chi connectivity index (χ0) is 17.8. The van der Waals surface area contributed by atoms with E-state index in [2.05, 4.69) is 4.90 Å². The molecule has 4 nitrogen and oxygen atoms in total. The molecule has 1 aliphatic heterocycles. The van der Waals surface area contributed by atoms with Gasteiger partial charge in [0, 0.05) is 18.5 Å². The first-order valence-corrected chi connectivity index (χ1v) is 9.53. The van der Waals surface area contributed by atoms with E-state index in [-0.39, 0.29) is 5.78 Å². The lowest BCUT2D eigenvalue weighted by atomic mass is 10.1. The summed E-state index contributed by atoms with van der Waals surface area (Å²) in [4.78, 5) is 14.9. The van der Waals surface area contributed by atoms with Crippen molar-refractivity contribution in [1.82, 2.24) is 4.90 Å². The summed E-state index contributed by atoms with van der Waals surface area (Å²) in [5.41, 5.74) is 1.86. The maximum atomic E-state index is 12.4. The zero-order valence-corrected chi connectivity index (χ0v) is 15.0. The lowest BCUT2D eigenvalue weighted by Gasteiger charge is -2.26. The van der Waals surface area contributed by atoms with E-state index in [1.54, 1.807) is 0 Å². The van der Waals surface area contributed by atoms with Crippen LogP contribution >= 0.6 is 0 Å². The Morgan fingerprint density at radius 3 is 2.42 bits per heavy atom. The van der Waals surface area contributed by atoms with Crippen molar-refractivity contribution in [2.75, 3.05) is 26.2 Å². The molecule has 0 aromatic heterocycles. The molecule has 0 bridgehead atoms. The average Bonchev–Trinajstić information content (AvgIpc) is 3.00. The summed E-state index contributed by atoms with van der Waals surface area (Å²) in [5, 5.41) is 0. The number of ketones is 1. The van der Waals surface area contributed by atoms with Gasteiger partial charge in [-0.05, 0) is 55.8 Å². The molecule has 0 spiro atoms. The molecule has 26 heavy (non-hydrogen) atoms. The molecule has 4 heteroatoms. The number of Topliss-reactive ketones (excluding diaryl/α,β-unsaturated/α-hetero) is 1. The molecule has 0 radical (unpaired) electrons. The number of fused-ring (bicyclic) bond motifs is 1. The van der Waals surface area contributed by atoms with Crippen molar-refractivity contribution in [3.8, 4) is 11.5 Å². The Morgan fingerprint density at radius 1 is 0.923 bits per heavy atom.